The molecule has 2 heterocycles. The van der Waals surface area contributed by atoms with E-state index in [-0.39, 0.29) is 16.1 Å². The summed E-state index contributed by atoms with van der Waals surface area (Å²) in [6, 6.07) is 15.1. The SMILES string of the molecule is CN1/C(=C/C(=O)CCc2ccc(S(=O)(=O)N3CCOCC3)cc2)C(C)(C)c2ccccc21. The van der Waals surface area contributed by atoms with Crippen molar-refractivity contribution in [2.45, 2.75) is 37.0 Å². The first kappa shape index (κ1) is 22.7. The summed E-state index contributed by atoms with van der Waals surface area (Å²) in [5, 5.41) is 0. The van der Waals surface area contributed by atoms with E-state index in [0.29, 0.717) is 39.1 Å². The molecule has 7 heteroatoms. The quantitative estimate of drug-likeness (QED) is 0.625. The number of nitrogens with zero attached hydrogens (tertiary/aromatic N) is 2. The zero-order chi connectivity index (χ0) is 22.9. The summed E-state index contributed by atoms with van der Waals surface area (Å²) in [6.07, 6.45) is 2.70. The van der Waals surface area contributed by atoms with Crippen molar-refractivity contribution in [2.24, 2.45) is 0 Å². The predicted molar refractivity (Wildman–Crippen MR) is 125 cm³/mol. The number of aryl methyl sites for hydroxylation is 1. The topological polar surface area (TPSA) is 66.9 Å². The number of likely N-dealkylation sites (N-methyl/N-ethyl adjacent to an activating group) is 1. The number of hydrogen-bond donors (Lipinski definition) is 0. The summed E-state index contributed by atoms with van der Waals surface area (Å²) >= 11 is 0. The van der Waals surface area contributed by atoms with Crippen molar-refractivity contribution in [1.29, 1.82) is 0 Å². The van der Waals surface area contributed by atoms with Crippen LogP contribution in [0.4, 0.5) is 5.69 Å². The van der Waals surface area contributed by atoms with Gasteiger partial charge in [0.25, 0.3) is 0 Å². The van der Waals surface area contributed by atoms with Crippen molar-refractivity contribution in [3.8, 4) is 0 Å². The third kappa shape index (κ3) is 4.25. The average Bonchev–Trinajstić information content (AvgIpc) is 2.99. The Morgan fingerprint density at radius 1 is 1.06 bits per heavy atom. The Bertz CT molecular complexity index is 1130. The highest BCUT2D eigenvalue weighted by molar-refractivity contribution is 7.89. The van der Waals surface area contributed by atoms with Gasteiger partial charge in [-0.1, -0.05) is 44.2 Å². The first-order valence-electron chi connectivity index (χ1n) is 11.0. The molecule has 2 aromatic rings. The summed E-state index contributed by atoms with van der Waals surface area (Å²) in [6.45, 7) is 5.88. The summed E-state index contributed by atoms with van der Waals surface area (Å²) in [5.41, 5.74) is 4.07. The molecule has 0 N–H and O–H groups in total. The molecule has 0 unspecified atom stereocenters. The van der Waals surface area contributed by atoms with Gasteiger partial charge in [0.2, 0.25) is 10.0 Å². The van der Waals surface area contributed by atoms with Gasteiger partial charge in [0.05, 0.1) is 18.1 Å². The molecular formula is C25H30N2O4S. The maximum absolute atomic E-state index is 12.8. The van der Waals surface area contributed by atoms with E-state index in [1.807, 2.05) is 19.2 Å². The third-order valence-corrected chi connectivity index (χ3v) is 8.34. The molecule has 1 saturated heterocycles. The van der Waals surface area contributed by atoms with Crippen LogP contribution in [0.3, 0.4) is 0 Å². The van der Waals surface area contributed by atoms with Crippen molar-refractivity contribution in [1.82, 2.24) is 4.31 Å². The molecule has 0 amide bonds. The van der Waals surface area contributed by atoms with Crippen LogP contribution < -0.4 is 4.90 Å². The number of anilines is 1. The second-order valence-corrected chi connectivity index (χ2v) is 10.8. The van der Waals surface area contributed by atoms with E-state index in [1.165, 1.54) is 9.87 Å². The van der Waals surface area contributed by atoms with Gasteiger partial charge in [0.15, 0.2) is 5.78 Å². The number of carbonyl (C=O) groups is 1. The first-order valence-corrected chi connectivity index (χ1v) is 12.4. The molecule has 4 rings (SSSR count). The Kier molecular flexibility index (Phi) is 6.25. The minimum atomic E-state index is -3.50. The van der Waals surface area contributed by atoms with Crippen LogP contribution in [0.25, 0.3) is 0 Å². The minimum Gasteiger partial charge on any atom is -0.379 e. The average molecular weight is 455 g/mol. The summed E-state index contributed by atoms with van der Waals surface area (Å²) < 4.78 is 32.2. The van der Waals surface area contributed by atoms with Crippen LogP contribution in [0, 0.1) is 0 Å². The number of hydrogen-bond acceptors (Lipinski definition) is 5. The van der Waals surface area contributed by atoms with Crippen LogP contribution in [0.1, 0.15) is 31.4 Å². The fourth-order valence-corrected chi connectivity index (χ4v) is 5.92. The lowest BCUT2D eigenvalue weighted by Crippen LogP contribution is -2.40. The molecule has 0 radical (unpaired) electrons. The fraction of sp³-hybridized carbons (Fsp3) is 0.400. The van der Waals surface area contributed by atoms with Crippen molar-refractivity contribution in [2.75, 3.05) is 38.3 Å². The van der Waals surface area contributed by atoms with Crippen LogP contribution in [0.5, 0.6) is 0 Å². The number of sulfonamides is 1. The Morgan fingerprint density at radius 2 is 1.72 bits per heavy atom. The number of allylic oxidation sites excluding steroid dienone is 2. The Morgan fingerprint density at radius 3 is 2.38 bits per heavy atom. The molecule has 0 saturated carbocycles. The lowest BCUT2D eigenvalue weighted by molar-refractivity contribution is -0.114. The zero-order valence-corrected chi connectivity index (χ0v) is 19.7. The third-order valence-electron chi connectivity index (χ3n) is 6.43. The fourth-order valence-electron chi connectivity index (χ4n) is 4.52. The number of morpholine rings is 1. The molecule has 2 aliphatic rings. The number of ketones is 1. The van der Waals surface area contributed by atoms with E-state index in [0.717, 1.165) is 16.9 Å². The van der Waals surface area contributed by atoms with E-state index in [1.54, 1.807) is 30.3 Å². The standard InChI is InChI=1S/C25H30N2O4S/c1-25(2)22-6-4-5-7-23(22)26(3)24(25)18-20(28)11-8-19-9-12-21(13-10-19)32(29,30)27-14-16-31-17-15-27/h4-7,9-10,12-13,18H,8,11,14-17H2,1-3H3/b24-18+. The normalized spacial score (nSPS) is 19.8. The van der Waals surface area contributed by atoms with Crippen LogP contribution in [0.2, 0.25) is 0 Å². The smallest absolute Gasteiger partial charge is 0.243 e. The van der Waals surface area contributed by atoms with Gasteiger partial charge >= 0.3 is 0 Å². The van der Waals surface area contributed by atoms with Gasteiger partial charge in [-0.2, -0.15) is 4.31 Å². The van der Waals surface area contributed by atoms with Gasteiger partial charge in [-0.15, -0.1) is 0 Å². The molecule has 2 aromatic carbocycles. The number of benzene rings is 2. The Balaban J connectivity index is 1.42. The molecule has 6 nitrogen and oxygen atoms in total. The molecule has 0 aromatic heterocycles. The molecule has 1 fully saturated rings. The van der Waals surface area contributed by atoms with Crippen molar-refractivity contribution < 1.29 is 17.9 Å². The molecule has 32 heavy (non-hydrogen) atoms. The van der Waals surface area contributed by atoms with Crippen molar-refractivity contribution in [3.05, 3.63) is 71.4 Å². The number of ether oxygens (including phenoxy) is 1. The number of carbonyl (C=O) groups excluding carboxylic acids is 1. The van der Waals surface area contributed by atoms with E-state index in [9.17, 15) is 13.2 Å². The Hall–Kier alpha value is -2.48. The number of para-hydroxylation sites is 1. The summed E-state index contributed by atoms with van der Waals surface area (Å²) in [5.74, 6) is 0.0674. The van der Waals surface area contributed by atoms with Gasteiger partial charge in [-0.25, -0.2) is 8.42 Å². The van der Waals surface area contributed by atoms with E-state index < -0.39 is 10.0 Å². The molecule has 0 spiro atoms. The lowest BCUT2D eigenvalue weighted by atomic mass is 9.83. The van der Waals surface area contributed by atoms with Crippen LogP contribution >= 0.6 is 0 Å². The van der Waals surface area contributed by atoms with Crippen molar-refractivity contribution in [3.63, 3.8) is 0 Å². The molecule has 2 aliphatic heterocycles. The number of fused-ring (bicyclic) bond motifs is 1. The lowest BCUT2D eigenvalue weighted by Gasteiger charge is -2.26. The second kappa shape index (κ2) is 8.81. The highest BCUT2D eigenvalue weighted by atomic mass is 32.2. The maximum atomic E-state index is 12.8. The van der Waals surface area contributed by atoms with Gasteiger partial charge in [0.1, 0.15) is 0 Å². The minimum absolute atomic E-state index is 0.0674. The zero-order valence-electron chi connectivity index (χ0n) is 18.9. The predicted octanol–water partition coefficient (Wildman–Crippen LogP) is 3.52. The first-order chi connectivity index (χ1) is 15.2. The summed E-state index contributed by atoms with van der Waals surface area (Å²) in [7, 11) is -1.50. The highest BCUT2D eigenvalue weighted by Crippen LogP contribution is 2.46. The van der Waals surface area contributed by atoms with Gasteiger partial charge in [-0.3, -0.25) is 4.79 Å². The highest BCUT2D eigenvalue weighted by Gasteiger charge is 2.38. The van der Waals surface area contributed by atoms with E-state index >= 15 is 0 Å². The number of rotatable bonds is 6. The van der Waals surface area contributed by atoms with E-state index in [2.05, 4.69) is 30.9 Å². The van der Waals surface area contributed by atoms with E-state index in [4.69, 9.17) is 4.74 Å². The van der Waals surface area contributed by atoms with Crippen LogP contribution in [-0.2, 0) is 31.4 Å². The van der Waals surface area contributed by atoms with Crippen LogP contribution in [-0.4, -0.2) is 51.9 Å². The van der Waals surface area contributed by atoms with Gasteiger partial charge in [0, 0.05) is 49.4 Å². The largest absolute Gasteiger partial charge is 0.379 e. The Labute approximate surface area is 190 Å². The maximum Gasteiger partial charge on any atom is 0.243 e. The van der Waals surface area contributed by atoms with Gasteiger partial charge in [-0.05, 0) is 35.7 Å². The molecule has 0 bridgehead atoms. The van der Waals surface area contributed by atoms with Crippen LogP contribution in [0.15, 0.2) is 65.2 Å². The molecule has 170 valence electrons. The van der Waals surface area contributed by atoms with Gasteiger partial charge < -0.3 is 9.64 Å². The molecule has 0 atom stereocenters. The van der Waals surface area contributed by atoms with Crippen molar-refractivity contribution >= 4 is 21.5 Å². The summed E-state index contributed by atoms with van der Waals surface area (Å²) in [4.78, 5) is 15.1. The molecule has 0 aliphatic carbocycles. The monoisotopic (exact) mass is 454 g/mol. The second-order valence-electron chi connectivity index (χ2n) is 8.86. The molecular weight excluding hydrogens is 424 g/mol.